The van der Waals surface area contributed by atoms with Crippen molar-refractivity contribution in [2.75, 3.05) is 26.3 Å². The van der Waals surface area contributed by atoms with E-state index in [2.05, 4.69) is 10.3 Å². The van der Waals surface area contributed by atoms with Gasteiger partial charge in [0.15, 0.2) is 0 Å². The lowest BCUT2D eigenvalue weighted by molar-refractivity contribution is -0.0831. The second kappa shape index (κ2) is 13.3. The molecule has 0 radical (unpaired) electrons. The molecule has 2 aromatic carbocycles. The number of benzene rings is 2. The van der Waals surface area contributed by atoms with E-state index in [1.54, 1.807) is 12.1 Å². The van der Waals surface area contributed by atoms with E-state index in [4.69, 9.17) is 4.74 Å². The van der Waals surface area contributed by atoms with Crippen molar-refractivity contribution >= 4 is 0 Å². The Hall–Kier alpha value is -3.25. The second-order valence-corrected chi connectivity index (χ2v) is 8.78. The number of alkyl halides is 2. The lowest BCUT2D eigenvalue weighted by Gasteiger charge is -2.18. The van der Waals surface area contributed by atoms with Crippen LogP contribution in [0.15, 0.2) is 53.5 Å². The molecule has 1 heterocycles. The topological polar surface area (TPSA) is 140 Å². The second-order valence-electron chi connectivity index (χ2n) is 8.78. The summed E-state index contributed by atoms with van der Waals surface area (Å²) in [6, 6.07) is 9.85. The first-order valence-electron chi connectivity index (χ1n) is 12.1. The first-order chi connectivity index (χ1) is 17.7. The zero-order valence-corrected chi connectivity index (χ0v) is 20.4. The van der Waals surface area contributed by atoms with Gasteiger partial charge in [0, 0.05) is 24.3 Å². The third-order valence-electron chi connectivity index (χ3n) is 5.96. The highest BCUT2D eigenvalue weighted by molar-refractivity contribution is 5.40. The van der Waals surface area contributed by atoms with Crippen LogP contribution >= 0.6 is 0 Å². The van der Waals surface area contributed by atoms with Gasteiger partial charge in [0.2, 0.25) is 5.88 Å². The monoisotopic (exact) mass is 521 g/mol. The van der Waals surface area contributed by atoms with E-state index in [1.807, 2.05) is 0 Å². The van der Waals surface area contributed by atoms with Crippen LogP contribution in [-0.4, -0.2) is 56.3 Å². The van der Waals surface area contributed by atoms with Gasteiger partial charge in [-0.2, -0.15) is 8.78 Å². The van der Waals surface area contributed by atoms with Crippen LogP contribution in [0, 0.1) is 0 Å². The van der Waals surface area contributed by atoms with Crippen molar-refractivity contribution in [1.29, 1.82) is 0 Å². The Balaban J connectivity index is 1.30. The summed E-state index contributed by atoms with van der Waals surface area (Å²) in [5.74, 6) is -3.65. The SMILES string of the molecule is O=c1[nH]cc(O)n1-c1cccc(C(F)(F)COCCCCCCNCC(O)c2ccc(O)c(CO)c2)c1. The normalized spacial score (nSPS) is 12.6. The van der Waals surface area contributed by atoms with Crippen molar-refractivity contribution < 1.29 is 33.9 Å². The zero-order chi connectivity index (χ0) is 26.8. The van der Waals surface area contributed by atoms with Crippen molar-refractivity contribution in [3.05, 3.63) is 75.8 Å². The molecule has 9 nitrogen and oxygen atoms in total. The molecule has 37 heavy (non-hydrogen) atoms. The lowest BCUT2D eigenvalue weighted by atomic mass is 10.1. The number of H-pyrrole nitrogens is 1. The van der Waals surface area contributed by atoms with Gasteiger partial charge in [-0.3, -0.25) is 0 Å². The number of aromatic hydroxyl groups is 2. The summed E-state index contributed by atoms with van der Waals surface area (Å²) < 4.78 is 35.3. The smallest absolute Gasteiger partial charge is 0.333 e. The van der Waals surface area contributed by atoms with Crippen LogP contribution in [0.5, 0.6) is 11.6 Å². The van der Waals surface area contributed by atoms with Gasteiger partial charge in [0.25, 0.3) is 5.92 Å². The van der Waals surface area contributed by atoms with Crippen molar-refractivity contribution in [2.45, 2.75) is 44.3 Å². The highest BCUT2D eigenvalue weighted by Crippen LogP contribution is 2.30. The summed E-state index contributed by atoms with van der Waals surface area (Å²) in [7, 11) is 0. The number of hydrogen-bond donors (Lipinski definition) is 6. The molecule has 0 spiro atoms. The zero-order valence-electron chi connectivity index (χ0n) is 20.4. The average Bonchev–Trinajstić information content (AvgIpc) is 3.22. The summed E-state index contributed by atoms with van der Waals surface area (Å²) in [5.41, 5.74) is 0.144. The Morgan fingerprint density at radius 1 is 1.08 bits per heavy atom. The molecule has 0 aliphatic rings. The fraction of sp³-hybridized carbons (Fsp3) is 0.423. The molecular weight excluding hydrogens is 488 g/mol. The number of nitrogens with zero attached hydrogens (tertiary/aromatic N) is 1. The Kier molecular flexibility index (Phi) is 10.2. The highest BCUT2D eigenvalue weighted by Gasteiger charge is 2.32. The number of aromatic amines is 1. The van der Waals surface area contributed by atoms with E-state index in [-0.39, 0.29) is 36.1 Å². The number of hydrogen-bond acceptors (Lipinski definition) is 7. The van der Waals surface area contributed by atoms with Gasteiger partial charge >= 0.3 is 5.69 Å². The molecule has 3 rings (SSSR count). The molecule has 0 saturated carbocycles. The van der Waals surface area contributed by atoms with Crippen molar-refractivity contribution in [2.24, 2.45) is 0 Å². The number of halogens is 2. The molecule has 1 atom stereocenters. The predicted octanol–water partition coefficient (Wildman–Crippen LogP) is 3.06. The minimum absolute atomic E-state index is 0.0138. The molecule has 6 N–H and O–H groups in total. The molecule has 0 saturated heterocycles. The minimum atomic E-state index is -3.26. The summed E-state index contributed by atoms with van der Waals surface area (Å²) in [6.45, 7) is 0.0908. The number of nitrogens with one attached hydrogen (secondary N) is 2. The quantitative estimate of drug-likeness (QED) is 0.169. The Labute approximate surface area is 213 Å². The standard InChI is InChI=1S/C26H33F2N3O6/c27-26(28,20-6-5-7-21(13-20)31-24(35)15-30-25(31)36)17-37-11-4-2-1-3-10-29-14-23(34)18-8-9-22(33)19(12-18)16-32/h5-9,12-13,15,23,29,32-35H,1-4,10-11,14,16-17H2,(H,30,36). The van der Waals surface area contributed by atoms with Crippen molar-refractivity contribution in [1.82, 2.24) is 14.9 Å². The first kappa shape index (κ1) is 28.3. The third-order valence-corrected chi connectivity index (χ3v) is 5.96. The molecule has 3 aromatic rings. The first-order valence-corrected chi connectivity index (χ1v) is 12.1. The minimum Gasteiger partial charge on any atom is -0.508 e. The average molecular weight is 522 g/mol. The van der Waals surface area contributed by atoms with Crippen LogP contribution in [0.25, 0.3) is 5.69 Å². The maximum atomic E-state index is 14.6. The van der Waals surface area contributed by atoms with Gasteiger partial charge in [0.1, 0.15) is 12.4 Å². The van der Waals surface area contributed by atoms with E-state index in [0.29, 0.717) is 30.6 Å². The largest absolute Gasteiger partial charge is 0.508 e. The van der Waals surface area contributed by atoms with Gasteiger partial charge in [-0.1, -0.05) is 31.0 Å². The fourth-order valence-corrected chi connectivity index (χ4v) is 3.87. The molecule has 1 unspecified atom stereocenters. The molecule has 0 aliphatic heterocycles. The summed E-state index contributed by atoms with van der Waals surface area (Å²) in [5, 5.41) is 41.9. The molecule has 0 fully saturated rings. The Morgan fingerprint density at radius 2 is 1.86 bits per heavy atom. The number of aliphatic hydroxyl groups excluding tert-OH is 2. The summed E-state index contributed by atoms with van der Waals surface area (Å²) in [6.07, 6.45) is 3.46. The third kappa shape index (κ3) is 7.86. The number of ether oxygens (including phenoxy) is 1. The molecule has 0 aliphatic carbocycles. The highest BCUT2D eigenvalue weighted by atomic mass is 19.3. The van der Waals surface area contributed by atoms with E-state index in [9.17, 15) is 34.0 Å². The van der Waals surface area contributed by atoms with Crippen LogP contribution < -0.4 is 11.0 Å². The fourth-order valence-electron chi connectivity index (χ4n) is 3.87. The van der Waals surface area contributed by atoms with Crippen molar-refractivity contribution in [3.63, 3.8) is 0 Å². The van der Waals surface area contributed by atoms with E-state index < -0.39 is 24.3 Å². The van der Waals surface area contributed by atoms with Crippen molar-refractivity contribution in [3.8, 4) is 17.3 Å². The Morgan fingerprint density at radius 3 is 2.59 bits per heavy atom. The van der Waals surface area contributed by atoms with Gasteiger partial charge in [-0.15, -0.1) is 0 Å². The molecule has 0 bridgehead atoms. The number of rotatable bonds is 15. The van der Waals surface area contributed by atoms with E-state index >= 15 is 0 Å². The number of unbranched alkanes of at least 4 members (excludes halogenated alkanes) is 3. The summed E-state index contributed by atoms with van der Waals surface area (Å²) >= 11 is 0. The molecule has 11 heteroatoms. The van der Waals surface area contributed by atoms with Crippen LogP contribution in [0.4, 0.5) is 8.78 Å². The van der Waals surface area contributed by atoms with Gasteiger partial charge in [-0.05, 0) is 49.2 Å². The molecule has 0 amide bonds. The number of aliphatic hydroxyl groups is 2. The van der Waals surface area contributed by atoms with Crippen LogP contribution in [0.3, 0.4) is 0 Å². The van der Waals surface area contributed by atoms with Gasteiger partial charge in [-0.25, -0.2) is 9.36 Å². The van der Waals surface area contributed by atoms with Crippen LogP contribution in [0.2, 0.25) is 0 Å². The molecular formula is C26H33F2N3O6. The van der Waals surface area contributed by atoms with E-state index in [1.165, 1.54) is 24.3 Å². The molecule has 1 aromatic heterocycles. The van der Waals surface area contributed by atoms with Gasteiger partial charge < -0.3 is 35.5 Å². The Bertz CT molecular complexity index is 1200. The molecule has 202 valence electrons. The lowest BCUT2D eigenvalue weighted by Crippen LogP contribution is -2.23. The maximum Gasteiger partial charge on any atom is 0.333 e. The maximum absolute atomic E-state index is 14.6. The number of imidazole rings is 1. The van der Waals surface area contributed by atoms with Crippen LogP contribution in [0.1, 0.15) is 48.5 Å². The van der Waals surface area contributed by atoms with E-state index in [0.717, 1.165) is 36.1 Å². The number of aromatic nitrogens is 2. The number of phenols is 1. The predicted molar refractivity (Wildman–Crippen MR) is 133 cm³/mol. The summed E-state index contributed by atoms with van der Waals surface area (Å²) in [4.78, 5) is 14.1. The van der Waals surface area contributed by atoms with Crippen LogP contribution in [-0.2, 0) is 17.3 Å². The van der Waals surface area contributed by atoms with Gasteiger partial charge in [0.05, 0.1) is 24.6 Å².